The molecule has 2 saturated carbocycles. The van der Waals surface area contributed by atoms with Crippen LogP contribution < -0.4 is 26.0 Å². The molecule has 2 amide bonds. The van der Waals surface area contributed by atoms with Gasteiger partial charge in [0.15, 0.2) is 6.61 Å². The first-order chi connectivity index (χ1) is 24.7. The molecule has 0 saturated heterocycles. The number of methoxy groups -OCH3 is 1. The van der Waals surface area contributed by atoms with E-state index in [1.165, 1.54) is 24.3 Å². The molecule has 2 aliphatic carbocycles. The van der Waals surface area contributed by atoms with Crippen molar-refractivity contribution in [3.63, 3.8) is 0 Å². The summed E-state index contributed by atoms with van der Waals surface area (Å²) in [6, 6.07) is 11.2. The minimum absolute atomic E-state index is 0.0217. The molecule has 2 aliphatic rings. The van der Waals surface area contributed by atoms with E-state index in [1.807, 2.05) is 12.1 Å². The highest BCUT2D eigenvalue weighted by Crippen LogP contribution is 2.48. The molecule has 0 bridgehead atoms. The molecule has 1 heterocycles. The normalized spacial score (nSPS) is 18.3. The zero-order valence-corrected chi connectivity index (χ0v) is 29.3. The summed E-state index contributed by atoms with van der Waals surface area (Å²) in [5, 5.41) is 11.9. The van der Waals surface area contributed by atoms with Crippen molar-refractivity contribution in [1.82, 2.24) is 25.6 Å². The van der Waals surface area contributed by atoms with E-state index >= 15 is 0 Å². The largest absolute Gasteiger partial charge is 0.467 e. The molecule has 0 aliphatic heterocycles. The number of amides is 2. The van der Waals surface area contributed by atoms with Crippen LogP contribution in [0, 0.1) is 5.92 Å². The molecule has 2 aromatic carbocycles. The van der Waals surface area contributed by atoms with E-state index < -0.39 is 53.9 Å². The van der Waals surface area contributed by atoms with Gasteiger partial charge in [-0.1, -0.05) is 30.7 Å². The molecule has 5 rings (SSSR count). The molecule has 3 aromatic rings. The number of nitrogens with zero attached hydrogens (tertiary/aromatic N) is 3. The van der Waals surface area contributed by atoms with Crippen molar-refractivity contribution >= 4 is 52.8 Å². The van der Waals surface area contributed by atoms with Crippen LogP contribution in [-0.4, -0.2) is 70.5 Å². The van der Waals surface area contributed by atoms with Crippen molar-refractivity contribution in [2.75, 3.05) is 24.4 Å². The molecule has 2 fully saturated rings. The van der Waals surface area contributed by atoms with Crippen LogP contribution in [-0.2, 0) is 24.7 Å². The van der Waals surface area contributed by atoms with Crippen LogP contribution in [0.2, 0.25) is 5.02 Å². The third-order valence-electron chi connectivity index (χ3n) is 8.94. The van der Waals surface area contributed by atoms with E-state index in [4.69, 9.17) is 21.1 Å². The number of nitrogens with one attached hydrogen (secondary N) is 4. The Morgan fingerprint density at radius 2 is 1.60 bits per heavy atom. The fourth-order valence-electron chi connectivity index (χ4n) is 5.80. The third kappa shape index (κ3) is 10.8. The topological polar surface area (TPSA) is 174 Å². The predicted octanol–water partition coefficient (Wildman–Crippen LogP) is 5.63. The number of ether oxygens (including phenoxy) is 2. The number of anilines is 3. The molecular weight excluding hydrogens is 707 g/mol. The van der Waals surface area contributed by atoms with E-state index in [9.17, 15) is 32.3 Å². The van der Waals surface area contributed by atoms with E-state index in [0.29, 0.717) is 29.5 Å². The fourth-order valence-corrected chi connectivity index (χ4v) is 5.93. The second-order valence-electron chi connectivity index (χ2n) is 13.0. The van der Waals surface area contributed by atoms with Gasteiger partial charge in [-0.15, -0.1) is 0 Å². The zero-order chi connectivity index (χ0) is 37.5. The van der Waals surface area contributed by atoms with Crippen LogP contribution in [0.15, 0.2) is 48.5 Å². The molecular formula is C35H39ClF3N7O6. The Morgan fingerprint density at radius 1 is 0.942 bits per heavy atom. The molecule has 0 radical (unpaired) electrons. The highest BCUT2D eigenvalue weighted by Gasteiger charge is 2.45. The summed E-state index contributed by atoms with van der Waals surface area (Å²) in [7, 11) is 1.14. The highest BCUT2D eigenvalue weighted by molar-refractivity contribution is 6.36. The molecule has 0 spiro atoms. The van der Waals surface area contributed by atoms with Crippen LogP contribution >= 0.6 is 11.6 Å². The average molecular weight is 746 g/mol. The Kier molecular flexibility index (Phi) is 12.2. The summed E-state index contributed by atoms with van der Waals surface area (Å²) in [5.41, 5.74) is 0.855. The van der Waals surface area contributed by atoms with Gasteiger partial charge >= 0.3 is 18.2 Å². The van der Waals surface area contributed by atoms with Crippen LogP contribution in [0.5, 0.6) is 6.01 Å². The third-order valence-corrected chi connectivity index (χ3v) is 9.19. The SMILES string of the molecule is COC(=O)[C@H](CCC(=O)C(=O)NC1CCC(C)CC1)NC(=O)c1ccc(Nc2nc(NC3(c4ccc(Cl)cc4)CC3)nc(OCC(F)(F)F)n2)cc1. The maximum atomic E-state index is 13.1. The molecule has 0 unspecified atom stereocenters. The van der Waals surface area contributed by atoms with Gasteiger partial charge in [-0.2, -0.15) is 28.1 Å². The molecule has 278 valence electrons. The van der Waals surface area contributed by atoms with Gasteiger partial charge < -0.3 is 30.7 Å². The Bertz CT molecular complexity index is 1750. The van der Waals surface area contributed by atoms with Crippen molar-refractivity contribution in [3.05, 3.63) is 64.7 Å². The first kappa shape index (κ1) is 38.2. The molecule has 4 N–H and O–H groups in total. The van der Waals surface area contributed by atoms with Crippen molar-refractivity contribution in [2.24, 2.45) is 5.92 Å². The number of aromatic nitrogens is 3. The predicted molar refractivity (Wildman–Crippen MR) is 184 cm³/mol. The molecule has 52 heavy (non-hydrogen) atoms. The second-order valence-corrected chi connectivity index (χ2v) is 13.5. The van der Waals surface area contributed by atoms with Crippen molar-refractivity contribution < 1.29 is 41.8 Å². The lowest BCUT2D eigenvalue weighted by Crippen LogP contribution is -2.44. The Morgan fingerprint density at radius 3 is 2.21 bits per heavy atom. The van der Waals surface area contributed by atoms with Gasteiger partial charge in [0.2, 0.25) is 17.7 Å². The fraction of sp³-hybridized carbons (Fsp3) is 0.457. The van der Waals surface area contributed by atoms with E-state index in [1.54, 1.807) is 12.1 Å². The smallest absolute Gasteiger partial charge is 0.422 e. The lowest BCUT2D eigenvalue weighted by atomic mass is 9.87. The maximum absolute atomic E-state index is 13.1. The number of rotatable bonds is 15. The summed E-state index contributed by atoms with van der Waals surface area (Å²) in [5.74, 6) is -2.42. The summed E-state index contributed by atoms with van der Waals surface area (Å²) in [6.07, 6.45) is -0.0990. The first-order valence-corrected chi connectivity index (χ1v) is 17.2. The molecule has 17 heteroatoms. The minimum atomic E-state index is -4.63. The number of carbonyl (C=O) groups is 4. The Balaban J connectivity index is 1.22. The monoisotopic (exact) mass is 745 g/mol. The molecule has 1 aromatic heterocycles. The number of hydrogen-bond acceptors (Lipinski definition) is 11. The number of benzene rings is 2. The average Bonchev–Trinajstić information content (AvgIpc) is 3.90. The van der Waals surface area contributed by atoms with Crippen LogP contribution in [0.4, 0.5) is 30.8 Å². The van der Waals surface area contributed by atoms with Gasteiger partial charge in [0.25, 0.3) is 11.8 Å². The summed E-state index contributed by atoms with van der Waals surface area (Å²) in [4.78, 5) is 62.9. The van der Waals surface area contributed by atoms with E-state index in [-0.39, 0.29) is 36.3 Å². The maximum Gasteiger partial charge on any atom is 0.422 e. The van der Waals surface area contributed by atoms with Gasteiger partial charge in [-0.25, -0.2) is 4.79 Å². The first-order valence-electron chi connectivity index (χ1n) is 16.8. The molecule has 1 atom stereocenters. The van der Waals surface area contributed by atoms with Gasteiger partial charge in [-0.3, -0.25) is 14.4 Å². The van der Waals surface area contributed by atoms with Gasteiger partial charge in [0, 0.05) is 28.7 Å². The highest BCUT2D eigenvalue weighted by atomic mass is 35.5. The standard InChI is InChI=1S/C35H39ClF3N7O6/c1-20-3-11-24(12-4-20)40-29(49)27(47)16-15-26(30(50)51-2)42-28(48)21-5-13-25(14-6-21)41-31-43-32(45-33(44-31)52-19-35(37,38)39)46-34(17-18-34)22-7-9-23(36)10-8-22/h5-10,13-14,20,24,26H,3-4,11-12,15-19H2,1-2H3,(H,40,49)(H,42,48)(H2,41,43,44,45,46)/t20?,24?,26-/m0/s1. The second kappa shape index (κ2) is 16.6. The Hall–Kier alpha value is -4.99. The van der Waals surface area contributed by atoms with Crippen LogP contribution in [0.3, 0.4) is 0 Å². The molecule has 13 nitrogen and oxygen atoms in total. The Labute approximate surface area is 302 Å². The van der Waals surface area contributed by atoms with E-state index in [2.05, 4.69) is 43.1 Å². The van der Waals surface area contributed by atoms with Gasteiger partial charge in [0.1, 0.15) is 6.04 Å². The van der Waals surface area contributed by atoms with Crippen LogP contribution in [0.25, 0.3) is 0 Å². The van der Waals surface area contributed by atoms with Crippen LogP contribution in [0.1, 0.15) is 74.2 Å². The van der Waals surface area contributed by atoms with Crippen molar-refractivity contribution in [1.29, 1.82) is 0 Å². The zero-order valence-electron chi connectivity index (χ0n) is 28.5. The minimum Gasteiger partial charge on any atom is -0.467 e. The van der Waals surface area contributed by atoms with Crippen molar-refractivity contribution in [3.8, 4) is 6.01 Å². The number of ketones is 1. The number of Topliss-reactive ketones (excluding diaryl/α,β-unsaturated/α-hetero) is 1. The lowest BCUT2D eigenvalue weighted by molar-refractivity contribution is -0.154. The van der Waals surface area contributed by atoms with Crippen molar-refractivity contribution in [2.45, 2.75) is 82.1 Å². The number of esters is 1. The number of carbonyl (C=O) groups excluding carboxylic acids is 4. The summed E-state index contributed by atoms with van der Waals surface area (Å²) >= 11 is 6.03. The van der Waals surface area contributed by atoms with E-state index in [0.717, 1.165) is 38.4 Å². The summed E-state index contributed by atoms with van der Waals surface area (Å²) in [6.45, 7) is 0.531. The number of alkyl halides is 3. The lowest BCUT2D eigenvalue weighted by Gasteiger charge is -2.26. The number of halogens is 4. The summed E-state index contributed by atoms with van der Waals surface area (Å²) < 4.78 is 48.5. The van der Waals surface area contributed by atoms with Gasteiger partial charge in [0.05, 0.1) is 12.6 Å². The van der Waals surface area contributed by atoms with Gasteiger partial charge in [-0.05, 0) is 92.8 Å². The quantitative estimate of drug-likeness (QED) is 0.112. The number of hydrogen-bond donors (Lipinski definition) is 4.